The Labute approximate surface area is 140 Å². The van der Waals surface area contributed by atoms with Gasteiger partial charge in [-0.2, -0.15) is 4.31 Å². The molecule has 0 fully saturated rings. The number of anilines is 1. The van der Waals surface area contributed by atoms with E-state index in [1.807, 2.05) is 24.3 Å². The lowest BCUT2D eigenvalue weighted by atomic mass is 10.1. The van der Waals surface area contributed by atoms with Crippen LogP contribution in [0.1, 0.15) is 17.2 Å². The molecule has 0 saturated carbocycles. The van der Waals surface area contributed by atoms with Crippen molar-refractivity contribution in [2.45, 2.75) is 18.5 Å². The molecule has 1 heterocycles. The lowest BCUT2D eigenvalue weighted by Crippen LogP contribution is -2.39. The number of rotatable bonds is 4. The van der Waals surface area contributed by atoms with Gasteiger partial charge in [-0.05, 0) is 17.5 Å². The predicted octanol–water partition coefficient (Wildman–Crippen LogP) is 2.10. The van der Waals surface area contributed by atoms with E-state index in [0.717, 1.165) is 11.1 Å². The molecule has 8 heteroatoms. The summed E-state index contributed by atoms with van der Waals surface area (Å²) in [6.45, 7) is 0. The largest absolute Gasteiger partial charge is 0.364 e. The Hall–Kier alpha value is -1.70. The smallest absolute Gasteiger partial charge is 0.211 e. The van der Waals surface area contributed by atoms with E-state index in [0.29, 0.717) is 17.3 Å². The molecule has 0 radical (unpaired) electrons. The van der Waals surface area contributed by atoms with Crippen molar-refractivity contribution in [1.29, 1.82) is 0 Å². The summed E-state index contributed by atoms with van der Waals surface area (Å²) in [5.74, 6) is 0.506. The molecule has 1 aliphatic rings. The molecular formula is C15H17ClN4O2S. The molecule has 3 rings (SSSR count). The van der Waals surface area contributed by atoms with Gasteiger partial charge in [0.1, 0.15) is 17.2 Å². The van der Waals surface area contributed by atoms with E-state index in [1.165, 1.54) is 23.1 Å². The number of fused-ring (bicyclic) bond motifs is 1. The first-order valence-corrected chi connectivity index (χ1v) is 9.33. The molecule has 122 valence electrons. The normalized spacial score (nSPS) is 20.5. The van der Waals surface area contributed by atoms with Crippen LogP contribution in [0.15, 0.2) is 36.8 Å². The fourth-order valence-corrected chi connectivity index (χ4v) is 3.79. The molecule has 0 amide bonds. The summed E-state index contributed by atoms with van der Waals surface area (Å²) in [5, 5.41) is 3.68. The molecule has 0 unspecified atom stereocenters. The van der Waals surface area contributed by atoms with Gasteiger partial charge in [0.05, 0.1) is 24.5 Å². The number of halogens is 1. The molecule has 1 aromatic carbocycles. The van der Waals surface area contributed by atoms with Gasteiger partial charge in [-0.3, -0.25) is 0 Å². The number of hydrogen-bond donors (Lipinski definition) is 1. The zero-order valence-corrected chi connectivity index (χ0v) is 14.3. The van der Waals surface area contributed by atoms with Crippen LogP contribution < -0.4 is 5.32 Å². The standard InChI is InChI=1S/C15H17ClN4O2S/c1-20(23(2,21)22)14-11-6-4-3-5-10(11)7-13(14)19-15-12(16)8-17-9-18-15/h3-6,8-9,13-14H,7H2,1-2H3,(H,17,18,19)/t13-,14-/m1/s1. The number of hydrogen-bond acceptors (Lipinski definition) is 5. The number of aromatic nitrogens is 2. The first kappa shape index (κ1) is 16.2. The van der Waals surface area contributed by atoms with Crippen molar-refractivity contribution in [1.82, 2.24) is 14.3 Å². The van der Waals surface area contributed by atoms with Gasteiger partial charge in [0.15, 0.2) is 0 Å². The van der Waals surface area contributed by atoms with Crippen molar-refractivity contribution < 1.29 is 8.42 Å². The summed E-state index contributed by atoms with van der Waals surface area (Å²) >= 11 is 6.11. The minimum atomic E-state index is -3.34. The average molecular weight is 353 g/mol. The van der Waals surface area contributed by atoms with Gasteiger partial charge < -0.3 is 5.32 Å². The molecule has 0 aliphatic heterocycles. The van der Waals surface area contributed by atoms with Crippen molar-refractivity contribution >= 4 is 27.4 Å². The number of nitrogens with zero attached hydrogens (tertiary/aromatic N) is 3. The quantitative estimate of drug-likeness (QED) is 0.912. The maximum absolute atomic E-state index is 12.0. The summed E-state index contributed by atoms with van der Waals surface area (Å²) < 4.78 is 25.5. The summed E-state index contributed by atoms with van der Waals surface area (Å²) in [5.41, 5.74) is 2.12. The maximum Gasteiger partial charge on any atom is 0.211 e. The lowest BCUT2D eigenvalue weighted by molar-refractivity contribution is 0.356. The Morgan fingerprint density at radius 3 is 2.78 bits per heavy atom. The third-order valence-corrected chi connectivity index (χ3v) is 5.65. The maximum atomic E-state index is 12.0. The molecule has 2 aromatic rings. The van der Waals surface area contributed by atoms with Crippen LogP contribution in [0.5, 0.6) is 0 Å². The summed E-state index contributed by atoms with van der Waals surface area (Å²) in [7, 11) is -1.74. The van der Waals surface area contributed by atoms with E-state index in [1.54, 1.807) is 7.05 Å². The molecule has 1 N–H and O–H groups in total. The summed E-state index contributed by atoms with van der Waals surface area (Å²) in [4.78, 5) is 8.00. The number of likely N-dealkylation sites (N-methyl/N-ethyl adjacent to an activating group) is 1. The molecule has 0 bridgehead atoms. The van der Waals surface area contributed by atoms with Crippen LogP contribution in [0.25, 0.3) is 0 Å². The van der Waals surface area contributed by atoms with Crippen molar-refractivity contribution in [3.8, 4) is 0 Å². The molecule has 1 aromatic heterocycles. The number of benzene rings is 1. The van der Waals surface area contributed by atoms with Gasteiger partial charge >= 0.3 is 0 Å². The molecule has 6 nitrogen and oxygen atoms in total. The van der Waals surface area contributed by atoms with Gasteiger partial charge in [-0.1, -0.05) is 35.9 Å². The van der Waals surface area contributed by atoms with Crippen molar-refractivity contribution in [3.05, 3.63) is 52.9 Å². The Morgan fingerprint density at radius 1 is 1.35 bits per heavy atom. The van der Waals surface area contributed by atoms with Crippen LogP contribution in [-0.4, -0.2) is 42.0 Å². The van der Waals surface area contributed by atoms with E-state index in [2.05, 4.69) is 15.3 Å². The molecular weight excluding hydrogens is 336 g/mol. The van der Waals surface area contributed by atoms with Gasteiger partial charge in [0.2, 0.25) is 10.0 Å². The van der Waals surface area contributed by atoms with Crippen LogP contribution >= 0.6 is 11.6 Å². The third kappa shape index (κ3) is 3.17. The third-order valence-electron chi connectivity index (χ3n) is 4.10. The molecule has 0 spiro atoms. The second-order valence-electron chi connectivity index (χ2n) is 5.60. The topological polar surface area (TPSA) is 75.2 Å². The second-order valence-corrected chi connectivity index (χ2v) is 8.05. The lowest BCUT2D eigenvalue weighted by Gasteiger charge is -2.29. The highest BCUT2D eigenvalue weighted by Crippen LogP contribution is 2.38. The van der Waals surface area contributed by atoms with E-state index < -0.39 is 10.0 Å². The van der Waals surface area contributed by atoms with Gasteiger partial charge in [0, 0.05) is 7.05 Å². The van der Waals surface area contributed by atoms with E-state index >= 15 is 0 Å². The van der Waals surface area contributed by atoms with Crippen LogP contribution in [-0.2, 0) is 16.4 Å². The highest BCUT2D eigenvalue weighted by atomic mass is 35.5. The van der Waals surface area contributed by atoms with Crippen molar-refractivity contribution in [3.63, 3.8) is 0 Å². The predicted molar refractivity (Wildman–Crippen MR) is 89.9 cm³/mol. The minimum absolute atomic E-state index is 0.153. The Kier molecular flexibility index (Phi) is 4.27. The first-order chi connectivity index (χ1) is 10.9. The van der Waals surface area contributed by atoms with Crippen molar-refractivity contribution in [2.75, 3.05) is 18.6 Å². The van der Waals surface area contributed by atoms with Gasteiger partial charge in [0.25, 0.3) is 0 Å². The Morgan fingerprint density at radius 2 is 2.09 bits per heavy atom. The van der Waals surface area contributed by atoms with Gasteiger partial charge in [-0.15, -0.1) is 0 Å². The fourth-order valence-electron chi connectivity index (χ4n) is 2.95. The average Bonchev–Trinajstić information content (AvgIpc) is 2.85. The zero-order chi connectivity index (χ0) is 16.6. The summed E-state index contributed by atoms with van der Waals surface area (Å²) in [6, 6.07) is 7.39. The van der Waals surface area contributed by atoms with Crippen LogP contribution in [0, 0.1) is 0 Å². The zero-order valence-electron chi connectivity index (χ0n) is 12.8. The van der Waals surface area contributed by atoms with Crippen LogP contribution in [0.2, 0.25) is 5.02 Å². The van der Waals surface area contributed by atoms with E-state index in [-0.39, 0.29) is 12.1 Å². The molecule has 23 heavy (non-hydrogen) atoms. The first-order valence-electron chi connectivity index (χ1n) is 7.11. The Balaban J connectivity index is 1.98. The van der Waals surface area contributed by atoms with Crippen LogP contribution in [0.4, 0.5) is 5.82 Å². The van der Waals surface area contributed by atoms with Crippen LogP contribution in [0.3, 0.4) is 0 Å². The number of nitrogens with one attached hydrogen (secondary N) is 1. The SMILES string of the molecule is CN([C@@H]1c2ccccc2C[C@H]1Nc1ncncc1Cl)S(C)(=O)=O. The van der Waals surface area contributed by atoms with E-state index in [9.17, 15) is 8.42 Å². The van der Waals surface area contributed by atoms with E-state index in [4.69, 9.17) is 11.6 Å². The molecule has 1 aliphatic carbocycles. The molecule has 0 saturated heterocycles. The number of sulfonamides is 1. The minimum Gasteiger partial charge on any atom is -0.364 e. The van der Waals surface area contributed by atoms with Gasteiger partial charge in [-0.25, -0.2) is 18.4 Å². The highest BCUT2D eigenvalue weighted by Gasteiger charge is 2.38. The highest BCUT2D eigenvalue weighted by molar-refractivity contribution is 7.88. The summed E-state index contributed by atoms with van der Waals surface area (Å²) in [6.07, 6.45) is 4.82. The Bertz CT molecular complexity index is 828. The second kappa shape index (κ2) is 6.07. The monoisotopic (exact) mass is 352 g/mol. The fraction of sp³-hybridized carbons (Fsp3) is 0.333. The van der Waals surface area contributed by atoms with Crippen molar-refractivity contribution in [2.24, 2.45) is 0 Å². The molecule has 2 atom stereocenters.